The lowest BCUT2D eigenvalue weighted by atomic mass is 10.0. The maximum absolute atomic E-state index is 12.5. The summed E-state index contributed by atoms with van der Waals surface area (Å²) in [4.78, 5) is 34.8. The van der Waals surface area contributed by atoms with Gasteiger partial charge >= 0.3 is 19.8 Å². The number of unbranched alkanes of at least 4 members (excludes halogenated alkanes) is 10. The van der Waals surface area contributed by atoms with E-state index in [0.717, 1.165) is 31.6 Å². The van der Waals surface area contributed by atoms with Crippen molar-refractivity contribution in [2.24, 2.45) is 5.92 Å². The van der Waals surface area contributed by atoms with Gasteiger partial charge in [-0.05, 0) is 50.9 Å². The summed E-state index contributed by atoms with van der Waals surface area (Å²) in [6.07, 6.45) is 28.6. The summed E-state index contributed by atoms with van der Waals surface area (Å²) in [5.41, 5.74) is 0. The Morgan fingerprint density at radius 2 is 1.37 bits per heavy atom. The highest BCUT2D eigenvalue weighted by atomic mass is 31.2. The molecular formula is C39H69O11P. The van der Waals surface area contributed by atoms with Gasteiger partial charge in [-0.2, -0.15) is 0 Å². The number of phosphoric ester groups is 1. The first-order valence-corrected chi connectivity index (χ1v) is 20.6. The molecule has 0 saturated carbocycles. The Labute approximate surface area is 307 Å². The lowest BCUT2D eigenvalue weighted by molar-refractivity contribution is -0.161. The number of carbonyl (C=O) groups excluding carboxylic acids is 2. The maximum atomic E-state index is 12.5. The molecule has 12 heteroatoms. The Hall–Kier alpha value is -2.11. The molecule has 0 aromatic rings. The molecule has 0 radical (unpaired) electrons. The zero-order valence-corrected chi connectivity index (χ0v) is 32.5. The number of rotatable bonds is 34. The first kappa shape index (κ1) is 48.9. The van der Waals surface area contributed by atoms with Gasteiger partial charge in [0.25, 0.3) is 0 Å². The number of allylic oxidation sites excluding steroid dienone is 6. The van der Waals surface area contributed by atoms with E-state index in [9.17, 15) is 29.3 Å². The lowest BCUT2D eigenvalue weighted by Crippen LogP contribution is -2.29. The number of hydrogen-bond acceptors (Lipinski definition) is 10. The van der Waals surface area contributed by atoms with Gasteiger partial charge in [0.15, 0.2) is 6.10 Å². The van der Waals surface area contributed by atoms with Crippen molar-refractivity contribution >= 4 is 19.8 Å². The van der Waals surface area contributed by atoms with Crippen LogP contribution in [0.3, 0.4) is 0 Å². The van der Waals surface area contributed by atoms with Gasteiger partial charge in [0, 0.05) is 12.8 Å². The minimum Gasteiger partial charge on any atom is -0.462 e. The van der Waals surface area contributed by atoms with Crippen molar-refractivity contribution in [3.63, 3.8) is 0 Å². The molecule has 0 amide bonds. The van der Waals surface area contributed by atoms with Crippen LogP contribution in [0.25, 0.3) is 0 Å². The highest BCUT2D eigenvalue weighted by molar-refractivity contribution is 7.47. The second kappa shape index (κ2) is 33.7. The number of aliphatic hydroxyl groups excluding tert-OH is 3. The molecule has 1 unspecified atom stereocenters. The van der Waals surface area contributed by atoms with E-state index < -0.39 is 57.9 Å². The van der Waals surface area contributed by atoms with Gasteiger partial charge in [-0.1, -0.05) is 127 Å². The van der Waals surface area contributed by atoms with E-state index in [1.165, 1.54) is 44.9 Å². The largest absolute Gasteiger partial charge is 0.472 e. The number of hydrogen-bond donors (Lipinski definition) is 4. The van der Waals surface area contributed by atoms with Crippen molar-refractivity contribution in [1.29, 1.82) is 0 Å². The first-order chi connectivity index (χ1) is 24.5. The second-order valence-corrected chi connectivity index (χ2v) is 14.7. The van der Waals surface area contributed by atoms with E-state index in [2.05, 4.69) is 31.4 Å². The fourth-order valence-electron chi connectivity index (χ4n) is 4.72. The van der Waals surface area contributed by atoms with Crippen LogP contribution in [-0.4, -0.2) is 76.9 Å². The highest BCUT2D eigenvalue weighted by Crippen LogP contribution is 2.43. The van der Waals surface area contributed by atoms with Crippen LogP contribution in [-0.2, 0) is 32.7 Å². The molecule has 4 atom stereocenters. The summed E-state index contributed by atoms with van der Waals surface area (Å²) in [6, 6.07) is 0. The standard InChI is InChI=1S/C39H69O11P/c1-4-5-6-7-16-21-26-35(41)27-22-17-12-8-9-13-19-24-29-39(44)50-37(33-49-51(45,46)48-31-36(42)30-40)32-47-38(43)28-23-18-14-10-11-15-20-25-34(2)3/h9,12-13,16-17,21-22,27,34-37,40-42H,4-8,10-11,14-15,18-20,23-26,28-33H2,1-3H3,(H,45,46)/b13-9-,17-12-,21-16-,27-22+/t35-,36-,37+/m0/s1. The Balaban J connectivity index is 4.56. The molecule has 11 nitrogen and oxygen atoms in total. The van der Waals surface area contributed by atoms with E-state index in [1.807, 2.05) is 36.5 Å². The molecule has 0 saturated heterocycles. The van der Waals surface area contributed by atoms with E-state index in [4.69, 9.17) is 19.1 Å². The maximum Gasteiger partial charge on any atom is 0.472 e. The average molecular weight is 745 g/mol. The lowest BCUT2D eigenvalue weighted by Gasteiger charge is -2.20. The first-order valence-electron chi connectivity index (χ1n) is 19.1. The van der Waals surface area contributed by atoms with Gasteiger partial charge < -0.3 is 29.7 Å². The monoisotopic (exact) mass is 744 g/mol. The summed E-state index contributed by atoms with van der Waals surface area (Å²) in [7, 11) is -4.64. The summed E-state index contributed by atoms with van der Waals surface area (Å²) in [6.45, 7) is 4.41. The van der Waals surface area contributed by atoms with Crippen LogP contribution in [0.1, 0.15) is 136 Å². The number of ether oxygens (including phenoxy) is 2. The summed E-state index contributed by atoms with van der Waals surface area (Å²) < 4.78 is 32.4. The molecule has 0 spiro atoms. The zero-order chi connectivity index (χ0) is 38.0. The van der Waals surface area contributed by atoms with Gasteiger partial charge in [0.2, 0.25) is 0 Å². The molecule has 0 bridgehead atoms. The molecule has 4 N–H and O–H groups in total. The summed E-state index contributed by atoms with van der Waals surface area (Å²) >= 11 is 0. The number of esters is 2. The van der Waals surface area contributed by atoms with Gasteiger partial charge in [-0.25, -0.2) is 4.57 Å². The molecule has 0 aliphatic heterocycles. The van der Waals surface area contributed by atoms with Crippen molar-refractivity contribution < 1.29 is 52.9 Å². The minimum atomic E-state index is -4.64. The minimum absolute atomic E-state index is 0.0751. The third-order valence-corrected chi connectivity index (χ3v) is 8.70. The molecule has 51 heavy (non-hydrogen) atoms. The molecule has 296 valence electrons. The van der Waals surface area contributed by atoms with Crippen molar-refractivity contribution in [3.05, 3.63) is 48.6 Å². The van der Waals surface area contributed by atoms with Crippen LogP contribution in [0.15, 0.2) is 48.6 Å². The molecule has 0 aromatic heterocycles. The van der Waals surface area contributed by atoms with Crippen LogP contribution < -0.4 is 0 Å². The second-order valence-electron chi connectivity index (χ2n) is 13.3. The zero-order valence-electron chi connectivity index (χ0n) is 31.6. The molecule has 0 heterocycles. The van der Waals surface area contributed by atoms with Crippen LogP contribution >= 0.6 is 7.82 Å². The number of aliphatic hydroxyl groups is 3. The predicted molar refractivity (Wildman–Crippen MR) is 202 cm³/mol. The topological polar surface area (TPSA) is 169 Å². The van der Waals surface area contributed by atoms with Gasteiger partial charge in [-0.15, -0.1) is 0 Å². The fraction of sp³-hybridized carbons (Fsp3) is 0.744. The van der Waals surface area contributed by atoms with Crippen LogP contribution in [0.5, 0.6) is 0 Å². The third kappa shape index (κ3) is 34.7. The van der Waals surface area contributed by atoms with Gasteiger partial charge in [0.05, 0.1) is 25.9 Å². The average Bonchev–Trinajstić information content (AvgIpc) is 3.09. The van der Waals surface area contributed by atoms with E-state index in [1.54, 1.807) is 6.08 Å². The molecule has 0 aromatic carbocycles. The van der Waals surface area contributed by atoms with Crippen molar-refractivity contribution in [2.75, 3.05) is 26.4 Å². The van der Waals surface area contributed by atoms with Crippen molar-refractivity contribution in [2.45, 2.75) is 155 Å². The smallest absolute Gasteiger partial charge is 0.462 e. The normalized spacial score (nSPS) is 15.3. The van der Waals surface area contributed by atoms with E-state index in [0.29, 0.717) is 32.1 Å². The highest BCUT2D eigenvalue weighted by Gasteiger charge is 2.27. The quantitative estimate of drug-likeness (QED) is 0.0165. The molecule has 0 aliphatic rings. The molecule has 0 aliphatic carbocycles. The Morgan fingerprint density at radius 3 is 2.08 bits per heavy atom. The van der Waals surface area contributed by atoms with E-state index >= 15 is 0 Å². The van der Waals surface area contributed by atoms with Gasteiger partial charge in [0.1, 0.15) is 12.7 Å². The van der Waals surface area contributed by atoms with Crippen LogP contribution in [0.2, 0.25) is 0 Å². The fourth-order valence-corrected chi connectivity index (χ4v) is 5.51. The Morgan fingerprint density at radius 1 is 0.725 bits per heavy atom. The SMILES string of the molecule is CCCCC/C=C\C[C@H](O)/C=C/C=C\C/C=C\CCCC(=O)O[C@H](COC(=O)CCCCCCCCCC(C)C)COP(=O)(O)OC[C@@H](O)CO. The number of carbonyl (C=O) groups is 2. The Bertz CT molecular complexity index is 1020. The third-order valence-electron chi connectivity index (χ3n) is 7.74. The molecule has 0 rings (SSSR count). The molecular weight excluding hydrogens is 675 g/mol. The van der Waals surface area contributed by atoms with Crippen molar-refractivity contribution in [1.82, 2.24) is 0 Å². The Kier molecular flexibility index (Phi) is 32.3. The van der Waals surface area contributed by atoms with Gasteiger partial charge in [-0.3, -0.25) is 18.6 Å². The molecule has 0 fully saturated rings. The summed E-state index contributed by atoms with van der Waals surface area (Å²) in [5.74, 6) is -0.304. The van der Waals surface area contributed by atoms with Crippen molar-refractivity contribution in [3.8, 4) is 0 Å². The number of phosphoric acid groups is 1. The van der Waals surface area contributed by atoms with E-state index in [-0.39, 0.29) is 19.4 Å². The summed E-state index contributed by atoms with van der Waals surface area (Å²) in [5, 5.41) is 28.3. The van der Waals surface area contributed by atoms with Crippen LogP contribution in [0, 0.1) is 5.92 Å². The predicted octanol–water partition coefficient (Wildman–Crippen LogP) is 8.21. The van der Waals surface area contributed by atoms with Crippen LogP contribution in [0.4, 0.5) is 0 Å².